The number of anilines is 1. The zero-order valence-electron chi connectivity index (χ0n) is 14.9. The molecule has 0 bridgehead atoms. The minimum atomic E-state index is -1.24. The Hall–Kier alpha value is -2.57. The molecule has 7 nitrogen and oxygen atoms in total. The molecule has 1 fully saturated rings. The third-order valence-corrected chi connectivity index (χ3v) is 5.43. The van der Waals surface area contributed by atoms with Crippen molar-refractivity contribution in [3.05, 3.63) is 24.3 Å². The van der Waals surface area contributed by atoms with Gasteiger partial charge in [0, 0.05) is 0 Å². The van der Waals surface area contributed by atoms with Crippen molar-refractivity contribution in [2.75, 3.05) is 18.1 Å². The predicted molar refractivity (Wildman–Crippen MR) is 95.0 cm³/mol. The molecule has 0 spiro atoms. The van der Waals surface area contributed by atoms with Crippen molar-refractivity contribution in [3.63, 3.8) is 0 Å². The van der Waals surface area contributed by atoms with Crippen LogP contribution in [0.15, 0.2) is 24.3 Å². The Bertz CT molecular complexity index is 710. The summed E-state index contributed by atoms with van der Waals surface area (Å²) < 4.78 is 5.36. The highest BCUT2D eigenvalue weighted by Crippen LogP contribution is 2.35. The number of aliphatic carboxylic acids is 1. The molecular weight excluding hydrogens is 336 g/mol. The summed E-state index contributed by atoms with van der Waals surface area (Å²) in [5, 5.41) is 12.4. The highest BCUT2D eigenvalue weighted by atomic mass is 16.5. The van der Waals surface area contributed by atoms with Crippen molar-refractivity contribution in [2.24, 2.45) is 5.92 Å². The quantitative estimate of drug-likeness (QED) is 0.837. The van der Waals surface area contributed by atoms with Gasteiger partial charge in [-0.05, 0) is 43.7 Å². The summed E-state index contributed by atoms with van der Waals surface area (Å²) in [6.45, 7) is 1.75. The number of carbonyl (C=O) groups is 3. The molecule has 2 N–H and O–H groups in total. The van der Waals surface area contributed by atoms with Crippen LogP contribution in [0.1, 0.15) is 39.0 Å². The molecule has 1 aliphatic heterocycles. The van der Waals surface area contributed by atoms with Gasteiger partial charge in [0.2, 0.25) is 5.91 Å². The summed E-state index contributed by atoms with van der Waals surface area (Å²) in [5.74, 6) is -0.747. The number of rotatable bonds is 5. The lowest BCUT2D eigenvalue weighted by molar-refractivity contribution is -0.149. The number of nitrogens with zero attached hydrogens (tertiary/aromatic N) is 1. The van der Waals surface area contributed by atoms with E-state index in [1.807, 2.05) is 0 Å². The van der Waals surface area contributed by atoms with E-state index in [4.69, 9.17) is 4.74 Å². The van der Waals surface area contributed by atoms with Gasteiger partial charge < -0.3 is 15.2 Å². The van der Waals surface area contributed by atoms with Crippen molar-refractivity contribution < 1.29 is 24.2 Å². The Kier molecular flexibility index (Phi) is 5.15. The summed E-state index contributed by atoms with van der Waals surface area (Å²) in [5.41, 5.74) is -0.713. The average Bonchev–Trinajstić information content (AvgIpc) is 2.64. The Balaban J connectivity index is 1.72. The number of amides is 2. The third-order valence-electron chi connectivity index (χ3n) is 5.43. The van der Waals surface area contributed by atoms with Gasteiger partial charge in [-0.25, -0.2) is 4.79 Å². The minimum Gasteiger partial charge on any atom is -0.482 e. The molecule has 0 aromatic heterocycles. The highest BCUT2D eigenvalue weighted by Gasteiger charge is 2.43. The van der Waals surface area contributed by atoms with E-state index >= 15 is 0 Å². The van der Waals surface area contributed by atoms with Crippen LogP contribution in [0.3, 0.4) is 0 Å². The molecule has 7 heteroatoms. The number of carbonyl (C=O) groups excluding carboxylic acids is 2. The van der Waals surface area contributed by atoms with Gasteiger partial charge in [-0.3, -0.25) is 14.5 Å². The molecule has 1 aliphatic carbocycles. The van der Waals surface area contributed by atoms with Gasteiger partial charge in [-0.15, -0.1) is 0 Å². The highest BCUT2D eigenvalue weighted by molar-refractivity contribution is 6.02. The minimum absolute atomic E-state index is 0.132. The number of ether oxygens (including phenoxy) is 1. The van der Waals surface area contributed by atoms with E-state index in [-0.39, 0.29) is 19.1 Å². The van der Waals surface area contributed by atoms with E-state index in [9.17, 15) is 19.5 Å². The molecule has 2 aliphatic rings. The van der Waals surface area contributed by atoms with E-state index in [0.29, 0.717) is 30.2 Å². The molecule has 2 amide bonds. The third kappa shape index (κ3) is 3.52. The fourth-order valence-corrected chi connectivity index (χ4v) is 3.75. The van der Waals surface area contributed by atoms with Crippen molar-refractivity contribution in [1.82, 2.24) is 5.32 Å². The van der Waals surface area contributed by atoms with Crippen LogP contribution in [-0.2, 0) is 14.4 Å². The monoisotopic (exact) mass is 360 g/mol. The number of carboxylic acids is 1. The van der Waals surface area contributed by atoms with Crippen molar-refractivity contribution >= 4 is 23.5 Å². The molecule has 1 aromatic rings. The first kappa shape index (κ1) is 18.2. The van der Waals surface area contributed by atoms with Gasteiger partial charge >= 0.3 is 5.97 Å². The lowest BCUT2D eigenvalue weighted by Gasteiger charge is -2.38. The smallest absolute Gasteiger partial charge is 0.329 e. The number of hydrogen-bond donors (Lipinski definition) is 2. The Morgan fingerprint density at radius 3 is 2.65 bits per heavy atom. The Morgan fingerprint density at radius 2 is 2.00 bits per heavy atom. The van der Waals surface area contributed by atoms with Gasteiger partial charge in [0.15, 0.2) is 6.61 Å². The maximum atomic E-state index is 12.6. The van der Waals surface area contributed by atoms with Crippen LogP contribution in [0.5, 0.6) is 5.75 Å². The molecule has 1 heterocycles. The van der Waals surface area contributed by atoms with E-state index < -0.39 is 17.4 Å². The summed E-state index contributed by atoms with van der Waals surface area (Å²) in [7, 11) is 0. The zero-order chi connectivity index (χ0) is 18.7. The normalized spacial score (nSPS) is 25.2. The summed E-state index contributed by atoms with van der Waals surface area (Å²) in [4.78, 5) is 38.0. The number of carboxylic acid groups (broad SMARTS) is 1. The van der Waals surface area contributed by atoms with Gasteiger partial charge in [0.05, 0.1) is 5.69 Å². The number of nitrogens with one attached hydrogen (secondary N) is 1. The lowest BCUT2D eigenvalue weighted by atomic mass is 9.75. The van der Waals surface area contributed by atoms with Crippen LogP contribution in [0.25, 0.3) is 0 Å². The molecule has 0 atom stereocenters. The maximum absolute atomic E-state index is 12.6. The van der Waals surface area contributed by atoms with Crippen LogP contribution in [0.4, 0.5) is 5.69 Å². The first-order chi connectivity index (χ1) is 12.4. The van der Waals surface area contributed by atoms with E-state index in [2.05, 4.69) is 12.2 Å². The molecule has 140 valence electrons. The summed E-state index contributed by atoms with van der Waals surface area (Å²) >= 11 is 0. The Morgan fingerprint density at radius 1 is 1.31 bits per heavy atom. The fourth-order valence-electron chi connectivity index (χ4n) is 3.75. The van der Waals surface area contributed by atoms with E-state index in [1.54, 1.807) is 24.3 Å². The maximum Gasteiger partial charge on any atom is 0.329 e. The first-order valence-electron chi connectivity index (χ1n) is 9.02. The second kappa shape index (κ2) is 7.35. The summed E-state index contributed by atoms with van der Waals surface area (Å²) in [6.07, 6.45) is 3.41. The number of para-hydroxylation sites is 2. The lowest BCUT2D eigenvalue weighted by Crippen LogP contribution is -2.58. The van der Waals surface area contributed by atoms with Crippen LogP contribution >= 0.6 is 0 Å². The molecule has 26 heavy (non-hydrogen) atoms. The van der Waals surface area contributed by atoms with Gasteiger partial charge in [-0.2, -0.15) is 0 Å². The standard InChI is InChI=1S/C19H24N2O5/c1-2-13-7-9-19(10-8-13,18(24)25)20-16(22)11-21-14-5-3-4-6-15(14)26-12-17(21)23/h3-6,13H,2,7-12H2,1H3,(H,20,22)(H,24,25). The first-order valence-corrected chi connectivity index (χ1v) is 9.02. The number of hydrogen-bond acceptors (Lipinski definition) is 4. The summed E-state index contributed by atoms with van der Waals surface area (Å²) in [6, 6.07) is 6.99. The van der Waals surface area contributed by atoms with E-state index in [1.165, 1.54) is 4.90 Å². The zero-order valence-corrected chi connectivity index (χ0v) is 14.9. The fraction of sp³-hybridized carbons (Fsp3) is 0.526. The van der Waals surface area contributed by atoms with Gasteiger partial charge in [-0.1, -0.05) is 25.5 Å². The van der Waals surface area contributed by atoms with Crippen LogP contribution in [0, 0.1) is 5.92 Å². The topological polar surface area (TPSA) is 95.9 Å². The molecular formula is C19H24N2O5. The predicted octanol–water partition coefficient (Wildman–Crippen LogP) is 1.95. The van der Waals surface area contributed by atoms with Crippen LogP contribution in [0.2, 0.25) is 0 Å². The molecule has 0 radical (unpaired) electrons. The molecule has 3 rings (SSSR count). The molecule has 1 saturated carbocycles. The molecule has 0 saturated heterocycles. The van der Waals surface area contributed by atoms with Crippen LogP contribution in [-0.4, -0.2) is 41.6 Å². The van der Waals surface area contributed by atoms with Crippen molar-refractivity contribution in [2.45, 2.75) is 44.6 Å². The number of benzene rings is 1. The number of fused-ring (bicyclic) bond motifs is 1. The van der Waals surface area contributed by atoms with Gasteiger partial charge in [0.25, 0.3) is 5.91 Å². The van der Waals surface area contributed by atoms with Crippen molar-refractivity contribution in [3.8, 4) is 5.75 Å². The largest absolute Gasteiger partial charge is 0.482 e. The second-order valence-electron chi connectivity index (χ2n) is 7.02. The van der Waals surface area contributed by atoms with Crippen LogP contribution < -0.4 is 15.0 Å². The van der Waals surface area contributed by atoms with E-state index in [0.717, 1.165) is 19.3 Å². The Labute approximate surface area is 152 Å². The SMILES string of the molecule is CCC1CCC(NC(=O)CN2C(=O)COc3ccccc32)(C(=O)O)CC1. The molecule has 0 unspecified atom stereocenters. The van der Waals surface area contributed by atoms with Gasteiger partial charge in [0.1, 0.15) is 17.8 Å². The van der Waals surface area contributed by atoms with Crippen molar-refractivity contribution in [1.29, 1.82) is 0 Å². The molecule has 1 aromatic carbocycles. The average molecular weight is 360 g/mol. The second-order valence-corrected chi connectivity index (χ2v) is 7.02.